The highest BCUT2D eigenvalue weighted by atomic mass is 32.1. The Morgan fingerprint density at radius 2 is 1.91 bits per heavy atom. The average Bonchev–Trinajstić information content (AvgIpc) is 2.81. The monoisotopic (exact) mass is 459 g/mol. The second kappa shape index (κ2) is 11.0. The van der Waals surface area contributed by atoms with Crippen LogP contribution in [0.1, 0.15) is 36.9 Å². The van der Waals surface area contributed by atoms with Gasteiger partial charge in [-0.15, -0.1) is 0 Å². The van der Waals surface area contributed by atoms with Crippen LogP contribution in [-0.2, 0) is 6.42 Å². The summed E-state index contributed by atoms with van der Waals surface area (Å²) in [5, 5.41) is 15.0. The molecule has 0 saturated heterocycles. The largest absolute Gasteiger partial charge is 0.493 e. The van der Waals surface area contributed by atoms with E-state index in [-0.39, 0.29) is 11.7 Å². The third-order valence-corrected chi connectivity index (χ3v) is 5.90. The number of fused-ring (bicyclic) bond motifs is 1. The fourth-order valence-corrected chi connectivity index (χ4v) is 4.08. The molecule has 0 fully saturated rings. The van der Waals surface area contributed by atoms with Crippen LogP contribution < -0.4 is 19.5 Å². The topological polar surface area (TPSA) is 86.1 Å². The molecule has 0 aliphatic carbocycles. The molecule has 9 heteroatoms. The van der Waals surface area contributed by atoms with E-state index in [9.17, 15) is 10.1 Å². The van der Waals surface area contributed by atoms with Gasteiger partial charge in [0.15, 0.2) is 16.6 Å². The van der Waals surface area contributed by atoms with Crippen molar-refractivity contribution in [2.75, 3.05) is 33.9 Å². The van der Waals surface area contributed by atoms with E-state index in [1.165, 1.54) is 12.1 Å². The van der Waals surface area contributed by atoms with Gasteiger partial charge in [0.1, 0.15) is 12.4 Å². The number of unbranched alkanes of at least 4 members (excludes halogenated alkanes) is 1. The summed E-state index contributed by atoms with van der Waals surface area (Å²) >= 11 is 5.71. The quantitative estimate of drug-likeness (QED) is 0.258. The summed E-state index contributed by atoms with van der Waals surface area (Å²) in [6.07, 6.45) is 2.95. The van der Waals surface area contributed by atoms with E-state index in [0.29, 0.717) is 29.0 Å². The molecular weight excluding hydrogens is 430 g/mol. The van der Waals surface area contributed by atoms with Crippen molar-refractivity contribution in [1.29, 1.82) is 0 Å². The molecule has 1 N–H and O–H groups in total. The first-order chi connectivity index (χ1) is 15.5. The van der Waals surface area contributed by atoms with Crippen molar-refractivity contribution in [3.05, 3.63) is 57.6 Å². The number of nitro groups is 1. The Hall–Kier alpha value is -3.07. The Balaban J connectivity index is 1.87. The maximum atomic E-state index is 10.9. The molecule has 1 aliphatic heterocycles. The number of hydrogen-bond acceptors (Lipinski definition) is 6. The van der Waals surface area contributed by atoms with Crippen LogP contribution >= 0.6 is 12.2 Å². The molecule has 172 valence electrons. The van der Waals surface area contributed by atoms with Crippen LogP contribution in [0.5, 0.6) is 17.2 Å². The van der Waals surface area contributed by atoms with E-state index in [0.717, 1.165) is 43.5 Å². The number of hydrogen-bond donors (Lipinski definition) is 1. The highest BCUT2D eigenvalue weighted by Crippen LogP contribution is 2.38. The lowest BCUT2D eigenvalue weighted by atomic mass is 9.92. The second-order valence-electron chi connectivity index (χ2n) is 7.51. The number of non-ortho nitro benzene ring substituents is 1. The maximum absolute atomic E-state index is 10.9. The number of nitrogens with one attached hydrogen (secondary N) is 1. The zero-order valence-corrected chi connectivity index (χ0v) is 19.4. The second-order valence-corrected chi connectivity index (χ2v) is 7.90. The van der Waals surface area contributed by atoms with E-state index in [1.54, 1.807) is 26.4 Å². The molecule has 0 radical (unpaired) electrons. The van der Waals surface area contributed by atoms with Crippen LogP contribution in [0.2, 0.25) is 0 Å². The average molecular weight is 460 g/mol. The first kappa shape index (κ1) is 23.6. The fourth-order valence-electron chi connectivity index (χ4n) is 3.76. The lowest BCUT2D eigenvalue weighted by Gasteiger charge is -2.39. The van der Waals surface area contributed by atoms with Crippen molar-refractivity contribution in [3.63, 3.8) is 0 Å². The Kier molecular flexibility index (Phi) is 8.10. The standard InChI is InChI=1S/C23H29N3O5S/c1-4-5-11-24-23(32)25-12-10-16-13-21(29-2)22(30-3)14-19(16)20(25)15-31-18-8-6-17(7-9-18)26(27)28/h6-9,13-14,20H,4-5,10-12,15H2,1-3H3,(H,24,32). The Bertz CT molecular complexity index is 951. The number of nitro benzene ring substituents is 1. The summed E-state index contributed by atoms with van der Waals surface area (Å²) in [5.74, 6) is 1.91. The van der Waals surface area contributed by atoms with Crippen molar-refractivity contribution in [2.24, 2.45) is 0 Å². The lowest BCUT2D eigenvalue weighted by Crippen LogP contribution is -2.47. The summed E-state index contributed by atoms with van der Waals surface area (Å²) in [6, 6.07) is 9.95. The van der Waals surface area contributed by atoms with Crippen molar-refractivity contribution < 1.29 is 19.1 Å². The summed E-state index contributed by atoms with van der Waals surface area (Å²) < 4.78 is 17.1. The summed E-state index contributed by atoms with van der Waals surface area (Å²) in [4.78, 5) is 12.6. The van der Waals surface area contributed by atoms with Crippen LogP contribution in [-0.4, -0.2) is 48.9 Å². The Morgan fingerprint density at radius 3 is 2.53 bits per heavy atom. The Morgan fingerprint density at radius 1 is 1.22 bits per heavy atom. The molecule has 0 spiro atoms. The van der Waals surface area contributed by atoms with E-state index < -0.39 is 4.92 Å². The van der Waals surface area contributed by atoms with Crippen LogP contribution in [0.3, 0.4) is 0 Å². The predicted octanol–water partition coefficient (Wildman–Crippen LogP) is 4.26. The van der Waals surface area contributed by atoms with Crippen LogP contribution in [0.15, 0.2) is 36.4 Å². The van der Waals surface area contributed by atoms with Gasteiger partial charge in [-0.05, 0) is 60.5 Å². The molecule has 1 aliphatic rings. The predicted molar refractivity (Wildman–Crippen MR) is 127 cm³/mol. The zero-order chi connectivity index (χ0) is 23.1. The van der Waals surface area contributed by atoms with Gasteiger partial charge in [-0.3, -0.25) is 10.1 Å². The molecule has 1 unspecified atom stereocenters. The molecule has 0 bridgehead atoms. The molecule has 0 amide bonds. The van der Waals surface area contributed by atoms with Crippen molar-refractivity contribution in [2.45, 2.75) is 32.2 Å². The van der Waals surface area contributed by atoms with Crippen molar-refractivity contribution in [1.82, 2.24) is 10.2 Å². The molecule has 2 aromatic carbocycles. The minimum absolute atomic E-state index is 0.0279. The number of thiocarbonyl (C=S) groups is 1. The van der Waals surface area contributed by atoms with Gasteiger partial charge in [0.25, 0.3) is 5.69 Å². The summed E-state index contributed by atoms with van der Waals surface area (Å²) in [7, 11) is 3.24. The van der Waals surface area contributed by atoms with Gasteiger partial charge in [0.05, 0.1) is 25.2 Å². The molecule has 3 rings (SSSR count). The maximum Gasteiger partial charge on any atom is 0.269 e. The van der Waals surface area contributed by atoms with Crippen LogP contribution in [0.4, 0.5) is 5.69 Å². The third-order valence-electron chi connectivity index (χ3n) is 5.53. The molecule has 0 aromatic heterocycles. The van der Waals surface area contributed by atoms with Gasteiger partial charge in [-0.2, -0.15) is 0 Å². The highest BCUT2D eigenvalue weighted by Gasteiger charge is 2.31. The van der Waals surface area contributed by atoms with Crippen LogP contribution in [0.25, 0.3) is 0 Å². The van der Waals surface area contributed by atoms with E-state index in [2.05, 4.69) is 17.1 Å². The van der Waals surface area contributed by atoms with E-state index in [1.807, 2.05) is 12.1 Å². The SMILES string of the molecule is CCCCNC(=S)N1CCc2cc(OC)c(OC)cc2C1COc1ccc([N+](=O)[O-])cc1. The Labute approximate surface area is 193 Å². The van der Waals surface area contributed by atoms with Gasteiger partial charge in [0, 0.05) is 25.2 Å². The smallest absolute Gasteiger partial charge is 0.269 e. The molecule has 32 heavy (non-hydrogen) atoms. The normalized spacial score (nSPS) is 15.0. The number of nitrogens with zero attached hydrogens (tertiary/aromatic N) is 2. The summed E-state index contributed by atoms with van der Waals surface area (Å²) in [5.41, 5.74) is 2.25. The fraction of sp³-hybridized carbons (Fsp3) is 0.435. The third kappa shape index (κ3) is 5.40. The zero-order valence-electron chi connectivity index (χ0n) is 18.6. The molecule has 0 saturated carbocycles. The highest BCUT2D eigenvalue weighted by molar-refractivity contribution is 7.80. The van der Waals surface area contributed by atoms with E-state index in [4.69, 9.17) is 26.4 Å². The van der Waals surface area contributed by atoms with Gasteiger partial charge in [-0.25, -0.2) is 0 Å². The van der Waals surface area contributed by atoms with Crippen molar-refractivity contribution >= 4 is 23.0 Å². The number of methoxy groups -OCH3 is 2. The number of rotatable bonds is 9. The van der Waals surface area contributed by atoms with Crippen LogP contribution in [0, 0.1) is 10.1 Å². The molecule has 1 atom stereocenters. The molecule has 2 aromatic rings. The minimum atomic E-state index is -0.428. The number of ether oxygens (including phenoxy) is 3. The molecule has 1 heterocycles. The van der Waals surface area contributed by atoms with Crippen molar-refractivity contribution in [3.8, 4) is 17.2 Å². The van der Waals surface area contributed by atoms with Gasteiger partial charge in [0.2, 0.25) is 0 Å². The summed E-state index contributed by atoms with van der Waals surface area (Å²) in [6.45, 7) is 4.04. The minimum Gasteiger partial charge on any atom is -0.493 e. The molecular formula is C23H29N3O5S. The van der Waals surface area contributed by atoms with Gasteiger partial charge in [-0.1, -0.05) is 13.3 Å². The first-order valence-corrected chi connectivity index (χ1v) is 11.1. The van der Waals surface area contributed by atoms with E-state index >= 15 is 0 Å². The molecule has 8 nitrogen and oxygen atoms in total. The van der Waals surface area contributed by atoms with Gasteiger partial charge >= 0.3 is 0 Å². The lowest BCUT2D eigenvalue weighted by molar-refractivity contribution is -0.384. The van der Waals surface area contributed by atoms with Gasteiger partial charge < -0.3 is 24.4 Å². The first-order valence-electron chi connectivity index (χ1n) is 10.6. The number of benzene rings is 2.